The first kappa shape index (κ1) is 17.2. The van der Waals surface area contributed by atoms with Crippen molar-refractivity contribution < 1.29 is 9.67 Å². The van der Waals surface area contributed by atoms with Crippen molar-refractivity contribution in [2.45, 2.75) is 78.7 Å². The van der Waals surface area contributed by atoms with Crippen LogP contribution in [0.3, 0.4) is 0 Å². The normalized spacial score (nSPS) is 17.1. The Morgan fingerprint density at radius 1 is 0.882 bits per heavy atom. The summed E-state index contributed by atoms with van der Waals surface area (Å²) in [5.41, 5.74) is -0.216. The average Bonchev–Trinajstić information content (AvgIpc) is 1.97. The van der Waals surface area contributed by atoms with Gasteiger partial charge < -0.3 is 9.67 Å². The monoisotopic (exact) mass is 262 g/mol. The highest BCUT2D eigenvalue weighted by atomic mass is 31.2. The van der Waals surface area contributed by atoms with Crippen molar-refractivity contribution in [3.63, 3.8) is 0 Å². The van der Waals surface area contributed by atoms with E-state index in [-0.39, 0.29) is 15.7 Å². The Hall–Kier alpha value is 0.190. The van der Waals surface area contributed by atoms with Gasteiger partial charge in [0.1, 0.15) is 7.14 Å². The number of rotatable bonds is 2. The Labute approximate surface area is 108 Å². The molecule has 0 aliphatic carbocycles. The van der Waals surface area contributed by atoms with E-state index in [0.29, 0.717) is 6.16 Å². The molecule has 0 aliphatic heterocycles. The van der Waals surface area contributed by atoms with Crippen LogP contribution < -0.4 is 0 Å². The molecule has 0 aromatic heterocycles. The standard InChI is InChI=1S/C14H31O2P/c1-12(2,3)11(15)10-17(16,13(4,5)6)14(7,8)9/h11,15H,10H2,1-9H3/t11-/m1/s1. The van der Waals surface area contributed by atoms with E-state index in [1.165, 1.54) is 0 Å². The number of hydrogen-bond acceptors (Lipinski definition) is 2. The van der Waals surface area contributed by atoms with Gasteiger partial charge in [-0.1, -0.05) is 62.3 Å². The molecule has 0 fully saturated rings. The van der Waals surface area contributed by atoms with Gasteiger partial charge in [-0.3, -0.25) is 0 Å². The summed E-state index contributed by atoms with van der Waals surface area (Å²) in [5, 5.41) is 9.74. The smallest absolute Gasteiger partial charge is 0.100 e. The third-order valence-corrected chi connectivity index (χ3v) is 8.79. The van der Waals surface area contributed by atoms with E-state index < -0.39 is 13.2 Å². The van der Waals surface area contributed by atoms with Crippen molar-refractivity contribution in [3.8, 4) is 0 Å². The van der Waals surface area contributed by atoms with Gasteiger partial charge in [-0.2, -0.15) is 0 Å². The first-order valence-corrected chi connectivity index (χ1v) is 8.29. The molecule has 0 amide bonds. The molecular weight excluding hydrogens is 231 g/mol. The molecule has 0 aromatic carbocycles. The second-order valence-electron chi connectivity index (χ2n) is 8.15. The van der Waals surface area contributed by atoms with Crippen molar-refractivity contribution in [2.75, 3.05) is 6.16 Å². The van der Waals surface area contributed by atoms with Crippen LogP contribution in [0.4, 0.5) is 0 Å². The fraction of sp³-hybridized carbons (Fsp3) is 1.00. The molecule has 0 rings (SSSR count). The molecule has 0 heterocycles. The zero-order valence-electron chi connectivity index (χ0n) is 13.1. The summed E-state index contributed by atoms with van der Waals surface area (Å²) in [4.78, 5) is 0. The largest absolute Gasteiger partial charge is 0.392 e. The summed E-state index contributed by atoms with van der Waals surface area (Å²) in [6, 6.07) is 0. The Kier molecular flexibility index (Phi) is 4.75. The van der Waals surface area contributed by atoms with E-state index in [2.05, 4.69) is 0 Å². The Bertz CT molecular complexity index is 282. The van der Waals surface area contributed by atoms with Crippen LogP contribution in [0.2, 0.25) is 0 Å². The van der Waals surface area contributed by atoms with Gasteiger partial charge in [0.2, 0.25) is 0 Å². The highest BCUT2D eigenvalue weighted by molar-refractivity contribution is 7.67. The summed E-state index contributed by atoms with van der Waals surface area (Å²) >= 11 is 0. The second-order valence-corrected chi connectivity index (χ2v) is 12.7. The van der Waals surface area contributed by atoms with Gasteiger partial charge in [0.05, 0.1) is 6.10 Å². The van der Waals surface area contributed by atoms with E-state index in [0.717, 1.165) is 0 Å². The van der Waals surface area contributed by atoms with Crippen LogP contribution in [0.5, 0.6) is 0 Å². The van der Waals surface area contributed by atoms with Crippen molar-refractivity contribution >= 4 is 7.14 Å². The van der Waals surface area contributed by atoms with Gasteiger partial charge >= 0.3 is 0 Å². The third kappa shape index (κ3) is 3.83. The fourth-order valence-corrected chi connectivity index (χ4v) is 6.21. The molecule has 0 spiro atoms. The van der Waals surface area contributed by atoms with E-state index in [9.17, 15) is 9.67 Å². The number of aliphatic hydroxyl groups is 1. The molecule has 2 nitrogen and oxygen atoms in total. The first-order valence-electron chi connectivity index (χ1n) is 6.40. The quantitative estimate of drug-likeness (QED) is 0.751. The molecule has 0 aliphatic rings. The second kappa shape index (κ2) is 4.70. The lowest BCUT2D eigenvalue weighted by Gasteiger charge is -2.44. The lowest BCUT2D eigenvalue weighted by Crippen LogP contribution is -2.38. The van der Waals surface area contributed by atoms with Gasteiger partial charge in [0, 0.05) is 16.5 Å². The van der Waals surface area contributed by atoms with Crippen LogP contribution in [0.25, 0.3) is 0 Å². The van der Waals surface area contributed by atoms with Crippen LogP contribution in [-0.2, 0) is 4.57 Å². The molecule has 0 saturated heterocycles. The maximum atomic E-state index is 13.4. The predicted octanol–water partition coefficient (Wildman–Crippen LogP) is 4.35. The number of aliphatic hydroxyl groups excluding tert-OH is 1. The molecule has 0 unspecified atom stereocenters. The Morgan fingerprint density at radius 3 is 1.35 bits per heavy atom. The molecule has 0 bridgehead atoms. The molecule has 1 N–H and O–H groups in total. The van der Waals surface area contributed by atoms with Gasteiger partial charge in [0.15, 0.2) is 0 Å². The Balaban J connectivity index is 5.36. The van der Waals surface area contributed by atoms with Crippen LogP contribution in [-0.4, -0.2) is 27.7 Å². The molecule has 3 heteroatoms. The average molecular weight is 262 g/mol. The zero-order chi connectivity index (χ0) is 14.3. The van der Waals surface area contributed by atoms with Crippen LogP contribution in [0.1, 0.15) is 62.3 Å². The first-order chi connectivity index (χ1) is 7.13. The third-order valence-electron chi connectivity index (χ3n) is 3.60. The zero-order valence-corrected chi connectivity index (χ0v) is 14.0. The van der Waals surface area contributed by atoms with E-state index in [1.807, 2.05) is 62.3 Å². The summed E-state index contributed by atoms with van der Waals surface area (Å²) in [5.74, 6) is 0. The lowest BCUT2D eigenvalue weighted by atomic mass is 9.90. The van der Waals surface area contributed by atoms with Crippen LogP contribution >= 0.6 is 7.14 Å². The van der Waals surface area contributed by atoms with Gasteiger partial charge in [-0.25, -0.2) is 0 Å². The minimum absolute atomic E-state index is 0.216. The minimum Gasteiger partial charge on any atom is -0.392 e. The molecule has 0 saturated carbocycles. The lowest BCUT2D eigenvalue weighted by molar-refractivity contribution is 0.0814. The maximum absolute atomic E-state index is 13.4. The molecule has 1 atom stereocenters. The minimum atomic E-state index is -2.49. The summed E-state index contributed by atoms with van der Waals surface area (Å²) in [7, 11) is -2.49. The van der Waals surface area contributed by atoms with Gasteiger partial charge in [-0.15, -0.1) is 0 Å². The van der Waals surface area contributed by atoms with E-state index >= 15 is 0 Å². The summed E-state index contributed by atoms with van der Waals surface area (Å²) in [6.07, 6.45) is -0.115. The van der Waals surface area contributed by atoms with Crippen molar-refractivity contribution in [1.29, 1.82) is 0 Å². The van der Waals surface area contributed by atoms with Crippen LogP contribution in [0.15, 0.2) is 0 Å². The highest BCUT2D eigenvalue weighted by Gasteiger charge is 2.48. The summed E-state index contributed by atoms with van der Waals surface area (Å²) in [6.45, 7) is 18.1. The van der Waals surface area contributed by atoms with Crippen molar-refractivity contribution in [1.82, 2.24) is 0 Å². The summed E-state index contributed by atoms with van der Waals surface area (Å²) < 4.78 is 13.4. The van der Waals surface area contributed by atoms with Crippen LogP contribution in [0, 0.1) is 5.41 Å². The molecular formula is C14H31O2P. The molecule has 0 radical (unpaired) electrons. The Morgan fingerprint density at radius 2 is 1.18 bits per heavy atom. The van der Waals surface area contributed by atoms with E-state index in [1.54, 1.807) is 0 Å². The SMILES string of the molecule is CC(C)(C)[C@H](O)CP(=O)(C(C)(C)C)C(C)(C)C. The van der Waals surface area contributed by atoms with Gasteiger partial charge in [0.25, 0.3) is 0 Å². The van der Waals surface area contributed by atoms with Crippen molar-refractivity contribution in [2.24, 2.45) is 5.41 Å². The molecule has 104 valence electrons. The predicted molar refractivity (Wildman–Crippen MR) is 77.4 cm³/mol. The van der Waals surface area contributed by atoms with E-state index in [4.69, 9.17) is 0 Å². The molecule has 0 aromatic rings. The van der Waals surface area contributed by atoms with Gasteiger partial charge in [-0.05, 0) is 5.41 Å². The maximum Gasteiger partial charge on any atom is 0.100 e. The van der Waals surface area contributed by atoms with Crippen molar-refractivity contribution in [3.05, 3.63) is 0 Å². The number of hydrogen-bond donors (Lipinski definition) is 1. The topological polar surface area (TPSA) is 37.3 Å². The fourth-order valence-electron chi connectivity index (χ4n) is 2.07. The highest BCUT2D eigenvalue weighted by Crippen LogP contribution is 2.67. The molecule has 17 heavy (non-hydrogen) atoms.